The fourth-order valence-electron chi connectivity index (χ4n) is 0.679. The monoisotopic (exact) mass is 128 g/mol. The van der Waals surface area contributed by atoms with E-state index in [9.17, 15) is 4.79 Å². The minimum atomic E-state index is 0.141. The number of nitrogens with zero attached hydrogens (tertiary/aromatic N) is 1. The summed E-state index contributed by atoms with van der Waals surface area (Å²) in [6, 6.07) is 0. The van der Waals surface area contributed by atoms with Gasteiger partial charge in [0, 0.05) is 33.1 Å². The summed E-state index contributed by atoms with van der Waals surface area (Å²) >= 11 is 0. The Morgan fingerprint density at radius 1 is 1.67 bits per heavy atom. The van der Waals surface area contributed by atoms with E-state index in [1.165, 1.54) is 13.1 Å². The lowest BCUT2D eigenvalue weighted by Crippen LogP contribution is -2.20. The number of carbonyl (C=O) groups is 1. The van der Waals surface area contributed by atoms with Crippen molar-refractivity contribution in [3.05, 3.63) is 0 Å². The quantitative estimate of drug-likeness (QED) is 0.517. The van der Waals surface area contributed by atoms with Gasteiger partial charge in [-0.25, -0.2) is 0 Å². The molecule has 0 bridgehead atoms. The molecular formula is C6H12N2O. The zero-order valence-electron chi connectivity index (χ0n) is 5.68. The highest BCUT2D eigenvalue weighted by Crippen LogP contribution is 2.02. The first-order chi connectivity index (χ1) is 4.33. The maximum absolute atomic E-state index is 10.6. The molecule has 1 fully saturated rings. The van der Waals surface area contributed by atoms with Gasteiger partial charge in [0.25, 0.3) is 0 Å². The number of hydrogen-bond acceptors (Lipinski definition) is 2. The zero-order chi connectivity index (χ0) is 6.69. The van der Waals surface area contributed by atoms with E-state index in [4.69, 9.17) is 0 Å². The molecule has 3 nitrogen and oxygen atoms in total. The van der Waals surface area contributed by atoms with Gasteiger partial charge in [-0.15, -0.1) is 0 Å². The minimum absolute atomic E-state index is 0.141. The van der Waals surface area contributed by atoms with Gasteiger partial charge in [0.05, 0.1) is 0 Å². The molecule has 1 aliphatic heterocycles. The van der Waals surface area contributed by atoms with Crippen molar-refractivity contribution in [2.45, 2.75) is 6.42 Å². The smallest absolute Gasteiger partial charge is 0.221 e. The molecule has 1 aliphatic rings. The maximum Gasteiger partial charge on any atom is 0.221 e. The Balaban J connectivity index is 1.96. The first-order valence-electron chi connectivity index (χ1n) is 3.26. The van der Waals surface area contributed by atoms with Crippen molar-refractivity contribution in [1.29, 1.82) is 0 Å². The van der Waals surface area contributed by atoms with Crippen molar-refractivity contribution < 1.29 is 4.79 Å². The van der Waals surface area contributed by atoms with E-state index >= 15 is 0 Å². The van der Waals surface area contributed by atoms with Gasteiger partial charge in [-0.1, -0.05) is 0 Å². The normalized spacial score (nSPS) is 17.4. The topological polar surface area (TPSA) is 32.1 Å². The highest BCUT2D eigenvalue weighted by atomic mass is 16.1. The van der Waals surface area contributed by atoms with Crippen LogP contribution in [0.5, 0.6) is 0 Å². The Bertz CT molecular complexity index is 110. The van der Waals surface area contributed by atoms with Crippen LogP contribution in [-0.4, -0.2) is 37.5 Å². The Hall–Kier alpha value is -0.570. The fraction of sp³-hybridized carbons (Fsp3) is 0.833. The number of hydrogen-bond donors (Lipinski definition) is 1. The average Bonchev–Trinajstić information content (AvgIpc) is 2.65. The molecule has 0 saturated carbocycles. The molecule has 0 radical (unpaired) electrons. The highest BCUT2D eigenvalue weighted by Gasteiger charge is 2.16. The maximum atomic E-state index is 10.6. The van der Waals surface area contributed by atoms with Crippen LogP contribution in [0.15, 0.2) is 0 Å². The SMILES string of the molecule is CNC(=O)CCN1CC1. The molecule has 0 aliphatic carbocycles. The van der Waals surface area contributed by atoms with Crippen LogP contribution < -0.4 is 5.32 Å². The summed E-state index contributed by atoms with van der Waals surface area (Å²) in [6.07, 6.45) is 0.649. The van der Waals surface area contributed by atoms with Gasteiger partial charge in [0.1, 0.15) is 0 Å². The summed E-state index contributed by atoms with van der Waals surface area (Å²) in [5, 5.41) is 2.58. The van der Waals surface area contributed by atoms with Crippen LogP contribution in [0.2, 0.25) is 0 Å². The molecule has 1 saturated heterocycles. The lowest BCUT2D eigenvalue weighted by Gasteiger charge is -1.97. The van der Waals surface area contributed by atoms with E-state index in [-0.39, 0.29) is 5.91 Å². The van der Waals surface area contributed by atoms with Gasteiger partial charge >= 0.3 is 0 Å². The molecule has 0 unspecified atom stereocenters. The Labute approximate surface area is 55.0 Å². The van der Waals surface area contributed by atoms with Crippen LogP contribution in [0.25, 0.3) is 0 Å². The third-order valence-corrected chi connectivity index (χ3v) is 1.47. The molecule has 0 aromatic heterocycles. The van der Waals surface area contributed by atoms with Crippen molar-refractivity contribution in [1.82, 2.24) is 10.2 Å². The number of amides is 1. The van der Waals surface area contributed by atoms with Gasteiger partial charge in [-0.2, -0.15) is 0 Å². The number of nitrogens with one attached hydrogen (secondary N) is 1. The van der Waals surface area contributed by atoms with Crippen LogP contribution >= 0.6 is 0 Å². The molecular weight excluding hydrogens is 116 g/mol. The van der Waals surface area contributed by atoms with E-state index < -0.39 is 0 Å². The van der Waals surface area contributed by atoms with Crippen LogP contribution in [0.3, 0.4) is 0 Å². The largest absolute Gasteiger partial charge is 0.359 e. The lowest BCUT2D eigenvalue weighted by molar-refractivity contribution is -0.120. The lowest BCUT2D eigenvalue weighted by atomic mass is 10.4. The van der Waals surface area contributed by atoms with Crippen molar-refractivity contribution in [3.8, 4) is 0 Å². The summed E-state index contributed by atoms with van der Waals surface area (Å²) in [5.41, 5.74) is 0. The van der Waals surface area contributed by atoms with Crippen molar-refractivity contribution in [2.75, 3.05) is 26.7 Å². The van der Waals surface area contributed by atoms with Crippen LogP contribution in [0.4, 0.5) is 0 Å². The molecule has 0 spiro atoms. The van der Waals surface area contributed by atoms with Crippen molar-refractivity contribution >= 4 is 5.91 Å². The standard InChI is InChI=1S/C6H12N2O/c1-7-6(9)2-3-8-4-5-8/h2-5H2,1H3,(H,7,9). The Kier molecular flexibility index (Phi) is 2.05. The van der Waals surface area contributed by atoms with E-state index in [2.05, 4.69) is 10.2 Å². The van der Waals surface area contributed by atoms with Gasteiger partial charge in [-0.05, 0) is 0 Å². The van der Waals surface area contributed by atoms with Gasteiger partial charge in [0.2, 0.25) is 5.91 Å². The summed E-state index contributed by atoms with van der Waals surface area (Å²) in [7, 11) is 1.67. The fourth-order valence-corrected chi connectivity index (χ4v) is 0.679. The molecule has 1 rings (SSSR count). The van der Waals surface area contributed by atoms with Crippen LogP contribution in [0, 0.1) is 0 Å². The Morgan fingerprint density at radius 2 is 2.33 bits per heavy atom. The summed E-state index contributed by atoms with van der Waals surface area (Å²) in [6.45, 7) is 3.29. The van der Waals surface area contributed by atoms with Gasteiger partial charge in [0.15, 0.2) is 0 Å². The molecule has 3 heteroatoms. The summed E-state index contributed by atoms with van der Waals surface area (Å²) in [5.74, 6) is 0.141. The molecule has 1 N–H and O–H groups in total. The predicted molar refractivity (Wildman–Crippen MR) is 35.1 cm³/mol. The van der Waals surface area contributed by atoms with Gasteiger partial charge < -0.3 is 10.2 Å². The second-order valence-corrected chi connectivity index (χ2v) is 2.26. The van der Waals surface area contributed by atoms with Crippen LogP contribution in [-0.2, 0) is 4.79 Å². The Morgan fingerprint density at radius 3 is 2.78 bits per heavy atom. The number of rotatable bonds is 3. The molecule has 52 valence electrons. The van der Waals surface area contributed by atoms with Gasteiger partial charge in [-0.3, -0.25) is 4.79 Å². The summed E-state index contributed by atoms with van der Waals surface area (Å²) in [4.78, 5) is 12.8. The highest BCUT2D eigenvalue weighted by molar-refractivity contribution is 5.75. The molecule has 0 aromatic rings. The zero-order valence-corrected chi connectivity index (χ0v) is 5.68. The molecule has 0 atom stereocenters. The molecule has 9 heavy (non-hydrogen) atoms. The predicted octanol–water partition coefficient (Wildman–Crippen LogP) is -0.562. The van der Waals surface area contributed by atoms with E-state index in [1.54, 1.807) is 7.05 Å². The first-order valence-corrected chi connectivity index (χ1v) is 3.26. The average molecular weight is 128 g/mol. The van der Waals surface area contributed by atoms with Crippen molar-refractivity contribution in [2.24, 2.45) is 0 Å². The minimum Gasteiger partial charge on any atom is -0.359 e. The first kappa shape index (κ1) is 6.55. The third-order valence-electron chi connectivity index (χ3n) is 1.47. The second-order valence-electron chi connectivity index (χ2n) is 2.26. The van der Waals surface area contributed by atoms with Crippen molar-refractivity contribution in [3.63, 3.8) is 0 Å². The van der Waals surface area contributed by atoms with Crippen LogP contribution in [0.1, 0.15) is 6.42 Å². The van der Waals surface area contributed by atoms with E-state index in [1.807, 2.05) is 0 Å². The third kappa shape index (κ3) is 2.46. The second kappa shape index (κ2) is 2.82. The van der Waals surface area contributed by atoms with E-state index in [0.29, 0.717) is 6.42 Å². The molecule has 1 heterocycles. The molecule has 1 amide bonds. The van der Waals surface area contributed by atoms with E-state index in [0.717, 1.165) is 6.54 Å². The number of carbonyl (C=O) groups excluding carboxylic acids is 1. The molecule has 0 aromatic carbocycles. The summed E-state index contributed by atoms with van der Waals surface area (Å²) < 4.78 is 0.